The highest BCUT2D eigenvalue weighted by molar-refractivity contribution is 7.15. The lowest BCUT2D eigenvalue weighted by Gasteiger charge is -2.14. The van der Waals surface area contributed by atoms with Gasteiger partial charge in [-0.15, -0.1) is 11.3 Å². The van der Waals surface area contributed by atoms with Gasteiger partial charge < -0.3 is 0 Å². The summed E-state index contributed by atoms with van der Waals surface area (Å²) < 4.78 is 4.21. The van der Waals surface area contributed by atoms with Crippen LogP contribution in [0.2, 0.25) is 0 Å². The molecule has 20 heavy (non-hydrogen) atoms. The van der Waals surface area contributed by atoms with Gasteiger partial charge in [0.15, 0.2) is 4.96 Å². The van der Waals surface area contributed by atoms with Crippen molar-refractivity contribution in [1.29, 1.82) is 0 Å². The molecular formula is C14H17N5S. The number of rotatable bonds is 3. The fourth-order valence-electron chi connectivity index (χ4n) is 2.89. The first kappa shape index (κ1) is 12.1. The highest BCUT2D eigenvalue weighted by atomic mass is 32.1. The van der Waals surface area contributed by atoms with Crippen LogP contribution in [0.3, 0.4) is 0 Å². The minimum atomic E-state index is 0.507. The van der Waals surface area contributed by atoms with Gasteiger partial charge in [-0.05, 0) is 18.9 Å². The Labute approximate surface area is 121 Å². The standard InChI is InChI=1S/C14H17N5S/c1-11-6-15-19(7-11)13-2-3-17(10-13)8-12-9-18-4-5-20-14(18)16-12/h4-7,9,13H,2-3,8,10H2,1H3. The maximum atomic E-state index is 4.66. The summed E-state index contributed by atoms with van der Waals surface area (Å²) in [4.78, 5) is 8.20. The molecule has 1 unspecified atom stereocenters. The van der Waals surface area contributed by atoms with Crippen LogP contribution in [0.5, 0.6) is 0 Å². The van der Waals surface area contributed by atoms with Crippen LogP contribution >= 0.6 is 11.3 Å². The van der Waals surface area contributed by atoms with Gasteiger partial charge in [-0.2, -0.15) is 5.10 Å². The normalized spacial score (nSPS) is 20.1. The van der Waals surface area contributed by atoms with Gasteiger partial charge in [0.05, 0.1) is 17.9 Å². The van der Waals surface area contributed by atoms with Gasteiger partial charge in [-0.1, -0.05) is 0 Å². The largest absolute Gasteiger partial charge is 0.297 e. The Morgan fingerprint density at radius 1 is 1.40 bits per heavy atom. The fraction of sp³-hybridized carbons (Fsp3) is 0.429. The van der Waals surface area contributed by atoms with E-state index in [-0.39, 0.29) is 0 Å². The van der Waals surface area contributed by atoms with E-state index in [1.54, 1.807) is 11.3 Å². The Balaban J connectivity index is 1.44. The zero-order valence-electron chi connectivity index (χ0n) is 11.4. The van der Waals surface area contributed by atoms with Gasteiger partial charge in [0.25, 0.3) is 0 Å². The van der Waals surface area contributed by atoms with Crippen molar-refractivity contribution in [3.8, 4) is 0 Å². The van der Waals surface area contributed by atoms with Gasteiger partial charge >= 0.3 is 0 Å². The lowest BCUT2D eigenvalue weighted by atomic mass is 10.3. The zero-order chi connectivity index (χ0) is 13.5. The predicted octanol–water partition coefficient (Wildman–Crippen LogP) is 2.35. The number of fused-ring (bicyclic) bond motifs is 1. The van der Waals surface area contributed by atoms with Crippen molar-refractivity contribution in [3.05, 3.63) is 41.4 Å². The summed E-state index contributed by atoms with van der Waals surface area (Å²) in [6, 6.07) is 0.507. The maximum absolute atomic E-state index is 4.66. The Kier molecular flexibility index (Phi) is 2.85. The van der Waals surface area contributed by atoms with E-state index in [2.05, 4.69) is 55.0 Å². The summed E-state index contributed by atoms with van der Waals surface area (Å²) in [5.41, 5.74) is 2.40. The lowest BCUT2D eigenvalue weighted by molar-refractivity contribution is 0.308. The number of nitrogens with zero attached hydrogens (tertiary/aromatic N) is 5. The second-order valence-corrected chi connectivity index (χ2v) is 6.37. The summed E-state index contributed by atoms with van der Waals surface area (Å²) in [7, 11) is 0. The smallest absolute Gasteiger partial charge is 0.193 e. The first-order valence-corrected chi connectivity index (χ1v) is 7.80. The third-order valence-electron chi connectivity index (χ3n) is 3.88. The van der Waals surface area contributed by atoms with E-state index in [0.29, 0.717) is 6.04 Å². The van der Waals surface area contributed by atoms with Crippen molar-refractivity contribution in [2.24, 2.45) is 0 Å². The third-order valence-corrected chi connectivity index (χ3v) is 4.65. The van der Waals surface area contributed by atoms with Gasteiger partial charge in [0, 0.05) is 43.6 Å². The van der Waals surface area contributed by atoms with E-state index in [4.69, 9.17) is 0 Å². The molecule has 1 aliphatic heterocycles. The van der Waals surface area contributed by atoms with Crippen LogP contribution in [0.1, 0.15) is 23.7 Å². The molecule has 1 atom stereocenters. The SMILES string of the molecule is Cc1cnn(C2CCN(Cc3cn4ccsc4n3)C2)c1. The summed E-state index contributed by atoms with van der Waals surface area (Å²) in [6.45, 7) is 5.21. The van der Waals surface area contributed by atoms with Crippen molar-refractivity contribution in [2.45, 2.75) is 25.9 Å². The summed E-state index contributed by atoms with van der Waals surface area (Å²) >= 11 is 1.69. The van der Waals surface area contributed by atoms with Crippen LogP contribution in [-0.2, 0) is 6.54 Å². The molecule has 0 amide bonds. The van der Waals surface area contributed by atoms with Crippen LogP contribution in [0.15, 0.2) is 30.2 Å². The van der Waals surface area contributed by atoms with Crippen molar-refractivity contribution in [3.63, 3.8) is 0 Å². The molecule has 6 heteroatoms. The number of thiazole rings is 1. The molecule has 1 aliphatic rings. The lowest BCUT2D eigenvalue weighted by Crippen LogP contribution is -2.21. The van der Waals surface area contributed by atoms with Crippen molar-refractivity contribution in [1.82, 2.24) is 24.1 Å². The second-order valence-electron chi connectivity index (χ2n) is 5.50. The maximum Gasteiger partial charge on any atom is 0.193 e. The van der Waals surface area contributed by atoms with Crippen molar-refractivity contribution >= 4 is 16.3 Å². The molecule has 3 aromatic rings. The average Bonchev–Trinajstić information content (AvgIpc) is 3.12. The Morgan fingerprint density at radius 3 is 3.15 bits per heavy atom. The molecule has 0 aliphatic carbocycles. The molecule has 3 aromatic heterocycles. The van der Waals surface area contributed by atoms with E-state index in [1.165, 1.54) is 12.0 Å². The number of imidazole rings is 1. The van der Waals surface area contributed by atoms with Crippen LogP contribution < -0.4 is 0 Å². The minimum Gasteiger partial charge on any atom is -0.297 e. The summed E-state index contributed by atoms with van der Waals surface area (Å²) in [5.74, 6) is 0. The molecule has 0 radical (unpaired) electrons. The molecule has 0 spiro atoms. The molecule has 1 saturated heterocycles. The van der Waals surface area contributed by atoms with Crippen LogP contribution in [0.25, 0.3) is 4.96 Å². The Bertz CT molecular complexity index is 696. The molecule has 104 valence electrons. The number of aromatic nitrogens is 4. The molecule has 0 bridgehead atoms. The molecule has 0 N–H and O–H groups in total. The molecule has 5 nitrogen and oxygen atoms in total. The molecular weight excluding hydrogens is 270 g/mol. The van der Waals surface area contributed by atoms with Crippen LogP contribution in [0, 0.1) is 6.92 Å². The number of hydrogen-bond acceptors (Lipinski definition) is 4. The third kappa shape index (κ3) is 2.14. The van der Waals surface area contributed by atoms with Gasteiger partial charge in [0.1, 0.15) is 0 Å². The number of hydrogen-bond donors (Lipinski definition) is 0. The molecule has 4 rings (SSSR count). The topological polar surface area (TPSA) is 38.4 Å². The van der Waals surface area contributed by atoms with Crippen LogP contribution in [0.4, 0.5) is 0 Å². The highest BCUT2D eigenvalue weighted by Crippen LogP contribution is 2.23. The number of likely N-dealkylation sites (tertiary alicyclic amines) is 1. The van der Waals surface area contributed by atoms with Gasteiger partial charge in [-0.3, -0.25) is 14.0 Å². The monoisotopic (exact) mass is 287 g/mol. The molecule has 1 fully saturated rings. The van der Waals surface area contributed by atoms with E-state index >= 15 is 0 Å². The van der Waals surface area contributed by atoms with Crippen LogP contribution in [-0.4, -0.2) is 37.2 Å². The quantitative estimate of drug-likeness (QED) is 0.742. The first-order valence-electron chi connectivity index (χ1n) is 6.92. The highest BCUT2D eigenvalue weighted by Gasteiger charge is 2.24. The Morgan fingerprint density at radius 2 is 2.35 bits per heavy atom. The molecule has 0 saturated carbocycles. The minimum absolute atomic E-state index is 0.507. The molecule has 0 aromatic carbocycles. The summed E-state index contributed by atoms with van der Waals surface area (Å²) in [6.07, 6.45) is 9.45. The van der Waals surface area contributed by atoms with Crippen molar-refractivity contribution in [2.75, 3.05) is 13.1 Å². The van der Waals surface area contributed by atoms with Gasteiger partial charge in [0.2, 0.25) is 0 Å². The fourth-order valence-corrected chi connectivity index (χ4v) is 3.60. The molecule has 4 heterocycles. The van der Waals surface area contributed by atoms with E-state index < -0.39 is 0 Å². The zero-order valence-corrected chi connectivity index (χ0v) is 12.3. The first-order chi connectivity index (χ1) is 9.78. The average molecular weight is 287 g/mol. The van der Waals surface area contributed by atoms with Gasteiger partial charge in [-0.25, -0.2) is 4.98 Å². The van der Waals surface area contributed by atoms with E-state index in [9.17, 15) is 0 Å². The summed E-state index contributed by atoms with van der Waals surface area (Å²) in [5, 5.41) is 6.51. The van der Waals surface area contributed by atoms with E-state index in [1.807, 2.05) is 6.20 Å². The predicted molar refractivity (Wildman–Crippen MR) is 79.0 cm³/mol. The van der Waals surface area contributed by atoms with Crippen molar-refractivity contribution < 1.29 is 0 Å². The Hall–Kier alpha value is -1.66. The number of aryl methyl sites for hydroxylation is 1. The van der Waals surface area contributed by atoms with E-state index in [0.717, 1.165) is 30.3 Å². The second kappa shape index (κ2) is 4.71.